The Bertz CT molecular complexity index is 292. The zero-order chi connectivity index (χ0) is 9.68. The molecular formula is C12H15N. The van der Waals surface area contributed by atoms with E-state index in [-0.39, 0.29) is 6.04 Å². The number of terminal acetylenes is 1. The van der Waals surface area contributed by atoms with E-state index in [9.17, 15) is 0 Å². The van der Waals surface area contributed by atoms with Gasteiger partial charge in [0, 0.05) is 0 Å². The van der Waals surface area contributed by atoms with Crippen molar-refractivity contribution in [3.05, 3.63) is 35.4 Å². The fourth-order valence-corrected chi connectivity index (χ4v) is 1.16. The van der Waals surface area contributed by atoms with Crippen LogP contribution >= 0.6 is 0 Å². The van der Waals surface area contributed by atoms with E-state index < -0.39 is 0 Å². The van der Waals surface area contributed by atoms with E-state index in [4.69, 9.17) is 12.2 Å². The van der Waals surface area contributed by atoms with E-state index in [1.54, 1.807) is 0 Å². The van der Waals surface area contributed by atoms with Gasteiger partial charge in [-0.1, -0.05) is 35.7 Å². The second-order valence-corrected chi connectivity index (χ2v) is 3.30. The zero-order valence-corrected chi connectivity index (χ0v) is 7.96. The molecule has 0 heterocycles. The highest BCUT2D eigenvalue weighted by Crippen LogP contribution is 2.06. The summed E-state index contributed by atoms with van der Waals surface area (Å²) in [5.41, 5.74) is 8.20. The lowest BCUT2D eigenvalue weighted by Gasteiger charge is -2.04. The third-order valence-corrected chi connectivity index (χ3v) is 2.08. The quantitative estimate of drug-likeness (QED) is 0.694. The maximum atomic E-state index is 5.61. The van der Waals surface area contributed by atoms with Gasteiger partial charge in [-0.15, -0.1) is 6.42 Å². The van der Waals surface area contributed by atoms with Crippen LogP contribution in [-0.4, -0.2) is 6.04 Å². The predicted molar refractivity (Wildman–Crippen MR) is 56.3 cm³/mol. The van der Waals surface area contributed by atoms with E-state index in [2.05, 4.69) is 37.1 Å². The first-order valence-corrected chi connectivity index (χ1v) is 4.49. The number of hydrogen-bond donors (Lipinski definition) is 1. The Balaban J connectivity index is 2.47. The topological polar surface area (TPSA) is 26.0 Å². The smallest absolute Gasteiger partial charge is 0.0665 e. The number of aryl methyl sites for hydroxylation is 2. The summed E-state index contributed by atoms with van der Waals surface area (Å²) in [5, 5.41) is 0. The number of rotatable bonds is 3. The van der Waals surface area contributed by atoms with Crippen LogP contribution in [0.4, 0.5) is 0 Å². The maximum absolute atomic E-state index is 5.61. The molecular weight excluding hydrogens is 158 g/mol. The van der Waals surface area contributed by atoms with Gasteiger partial charge in [0.1, 0.15) is 0 Å². The summed E-state index contributed by atoms with van der Waals surface area (Å²) in [6.45, 7) is 2.08. The van der Waals surface area contributed by atoms with Gasteiger partial charge < -0.3 is 5.73 Å². The van der Waals surface area contributed by atoms with Crippen LogP contribution in [0.2, 0.25) is 0 Å². The number of hydrogen-bond acceptors (Lipinski definition) is 1. The second-order valence-electron chi connectivity index (χ2n) is 3.30. The lowest BCUT2D eigenvalue weighted by Crippen LogP contribution is -2.17. The van der Waals surface area contributed by atoms with Crippen molar-refractivity contribution in [2.24, 2.45) is 5.73 Å². The predicted octanol–water partition coefficient (Wildman–Crippen LogP) is 1.89. The Morgan fingerprint density at radius 2 is 2.00 bits per heavy atom. The fourth-order valence-electron chi connectivity index (χ4n) is 1.16. The molecule has 0 spiro atoms. The van der Waals surface area contributed by atoms with E-state index in [0.29, 0.717) is 0 Å². The molecule has 1 aromatic rings. The van der Waals surface area contributed by atoms with Crippen molar-refractivity contribution in [2.45, 2.75) is 25.8 Å². The van der Waals surface area contributed by atoms with E-state index >= 15 is 0 Å². The summed E-state index contributed by atoms with van der Waals surface area (Å²) in [6, 6.07) is 8.35. The third-order valence-electron chi connectivity index (χ3n) is 2.08. The minimum atomic E-state index is -0.110. The first-order valence-electron chi connectivity index (χ1n) is 4.49. The highest BCUT2D eigenvalue weighted by atomic mass is 14.6. The molecule has 1 nitrogen and oxygen atoms in total. The normalized spacial score (nSPS) is 12.1. The van der Waals surface area contributed by atoms with Crippen LogP contribution in [0.25, 0.3) is 0 Å². The van der Waals surface area contributed by atoms with Gasteiger partial charge in [-0.25, -0.2) is 0 Å². The van der Waals surface area contributed by atoms with Gasteiger partial charge in [0.05, 0.1) is 6.04 Å². The van der Waals surface area contributed by atoms with Crippen molar-refractivity contribution in [2.75, 3.05) is 0 Å². The van der Waals surface area contributed by atoms with Gasteiger partial charge in [-0.05, 0) is 25.3 Å². The molecule has 1 unspecified atom stereocenters. The van der Waals surface area contributed by atoms with Crippen LogP contribution in [-0.2, 0) is 6.42 Å². The largest absolute Gasteiger partial charge is 0.318 e. The molecule has 2 N–H and O–H groups in total. The molecule has 0 amide bonds. The first kappa shape index (κ1) is 9.83. The van der Waals surface area contributed by atoms with Gasteiger partial charge in [0.25, 0.3) is 0 Å². The Hall–Kier alpha value is -1.26. The molecule has 0 aliphatic carbocycles. The van der Waals surface area contributed by atoms with Crippen LogP contribution in [0.1, 0.15) is 17.5 Å². The minimum Gasteiger partial charge on any atom is -0.318 e. The molecule has 0 aliphatic rings. The van der Waals surface area contributed by atoms with Crippen molar-refractivity contribution in [3.8, 4) is 12.3 Å². The van der Waals surface area contributed by atoms with Crippen LogP contribution < -0.4 is 5.73 Å². The second kappa shape index (κ2) is 4.69. The van der Waals surface area contributed by atoms with Gasteiger partial charge in [0.15, 0.2) is 0 Å². The summed E-state index contributed by atoms with van der Waals surface area (Å²) in [5.74, 6) is 2.52. The molecule has 0 fully saturated rings. The lowest BCUT2D eigenvalue weighted by atomic mass is 10.1. The molecule has 68 valence electrons. The monoisotopic (exact) mass is 173 g/mol. The van der Waals surface area contributed by atoms with E-state index in [1.165, 1.54) is 11.1 Å². The number of benzene rings is 1. The Kier molecular flexibility index (Phi) is 3.54. The lowest BCUT2D eigenvalue weighted by molar-refractivity contribution is 0.739. The average molecular weight is 173 g/mol. The molecule has 0 saturated heterocycles. The van der Waals surface area contributed by atoms with Crippen LogP contribution in [0.5, 0.6) is 0 Å². The van der Waals surface area contributed by atoms with E-state index in [0.717, 1.165) is 12.8 Å². The molecule has 13 heavy (non-hydrogen) atoms. The minimum absolute atomic E-state index is 0.110. The summed E-state index contributed by atoms with van der Waals surface area (Å²) >= 11 is 0. The maximum Gasteiger partial charge on any atom is 0.0665 e. The highest BCUT2D eigenvalue weighted by Gasteiger charge is 1.98. The van der Waals surface area contributed by atoms with Crippen molar-refractivity contribution in [1.29, 1.82) is 0 Å². The summed E-state index contributed by atoms with van der Waals surface area (Å²) < 4.78 is 0. The van der Waals surface area contributed by atoms with Crippen LogP contribution in [0.15, 0.2) is 24.3 Å². The molecule has 1 aromatic carbocycles. The molecule has 0 saturated carbocycles. The van der Waals surface area contributed by atoms with Crippen molar-refractivity contribution in [1.82, 2.24) is 0 Å². The summed E-state index contributed by atoms with van der Waals surface area (Å²) in [4.78, 5) is 0. The fraction of sp³-hybridized carbons (Fsp3) is 0.333. The van der Waals surface area contributed by atoms with Gasteiger partial charge in [0.2, 0.25) is 0 Å². The molecule has 1 atom stereocenters. The molecule has 1 heteroatoms. The zero-order valence-electron chi connectivity index (χ0n) is 7.96. The molecule has 0 aromatic heterocycles. The van der Waals surface area contributed by atoms with Crippen LogP contribution in [0, 0.1) is 19.3 Å². The van der Waals surface area contributed by atoms with Crippen molar-refractivity contribution >= 4 is 0 Å². The first-order chi connectivity index (χ1) is 6.22. The number of nitrogens with two attached hydrogens (primary N) is 1. The van der Waals surface area contributed by atoms with Gasteiger partial charge in [-0.3, -0.25) is 0 Å². The molecule has 0 bridgehead atoms. The Morgan fingerprint density at radius 1 is 1.38 bits per heavy atom. The third kappa shape index (κ3) is 3.31. The van der Waals surface area contributed by atoms with E-state index in [1.807, 2.05) is 0 Å². The van der Waals surface area contributed by atoms with Crippen molar-refractivity contribution < 1.29 is 0 Å². The summed E-state index contributed by atoms with van der Waals surface area (Å²) in [6.07, 6.45) is 7.01. The van der Waals surface area contributed by atoms with Gasteiger partial charge in [-0.2, -0.15) is 0 Å². The average Bonchev–Trinajstić information content (AvgIpc) is 2.16. The molecule has 0 radical (unpaired) electrons. The van der Waals surface area contributed by atoms with Crippen molar-refractivity contribution in [3.63, 3.8) is 0 Å². The van der Waals surface area contributed by atoms with Gasteiger partial charge >= 0.3 is 0 Å². The summed E-state index contributed by atoms with van der Waals surface area (Å²) in [7, 11) is 0. The Labute approximate surface area is 80.0 Å². The molecule has 1 rings (SSSR count). The SMILES string of the molecule is C#CC(N)CCc1ccc(C)cc1. The Morgan fingerprint density at radius 3 is 2.54 bits per heavy atom. The standard InChI is InChI=1S/C12H15N/c1-3-12(13)9-8-11-6-4-10(2)5-7-11/h1,4-7,12H,8-9,13H2,2H3. The van der Waals surface area contributed by atoms with Crippen LogP contribution in [0.3, 0.4) is 0 Å². The molecule has 0 aliphatic heterocycles. The highest BCUT2D eigenvalue weighted by molar-refractivity contribution is 5.21.